The average Bonchev–Trinajstić information content (AvgIpc) is 3.00. The molecular weight excluding hydrogens is 405 g/mol. The lowest BCUT2D eigenvalue weighted by Gasteiger charge is -2.25. The molecular formula is C13H21F3N8O5. The normalized spacial score (nSPS) is 20.8. The minimum atomic E-state index is -5.11. The number of nitro groups is 1. The molecule has 0 aromatic heterocycles. The number of nitrogens with one attached hydrogen (secondary N) is 2. The number of carbonyl (C=O) groups excluding carboxylic acids is 3. The maximum absolute atomic E-state index is 12.5. The second-order valence-electron chi connectivity index (χ2n) is 6.20. The van der Waals surface area contributed by atoms with Crippen molar-refractivity contribution in [2.45, 2.75) is 43.6 Å². The number of nitrogens with zero attached hydrogens (tertiary/aromatic N) is 3. The number of rotatable bonds is 8. The van der Waals surface area contributed by atoms with Crippen LogP contribution in [0.15, 0.2) is 4.99 Å². The van der Waals surface area contributed by atoms with Gasteiger partial charge in [0.15, 0.2) is 5.03 Å². The number of guanidine groups is 1. The zero-order valence-electron chi connectivity index (χ0n) is 15.0. The van der Waals surface area contributed by atoms with Crippen molar-refractivity contribution in [3.63, 3.8) is 0 Å². The molecule has 0 aliphatic carbocycles. The number of hydrogen-bond donors (Lipinski definition) is 5. The van der Waals surface area contributed by atoms with E-state index in [-0.39, 0.29) is 32.4 Å². The molecule has 1 aliphatic rings. The number of alkyl halides is 3. The van der Waals surface area contributed by atoms with Crippen LogP contribution in [-0.2, 0) is 14.4 Å². The van der Waals surface area contributed by atoms with Crippen molar-refractivity contribution in [1.82, 2.24) is 15.6 Å². The molecule has 1 fully saturated rings. The van der Waals surface area contributed by atoms with Crippen LogP contribution in [0.1, 0.15) is 19.3 Å². The van der Waals surface area contributed by atoms with Gasteiger partial charge in [0.2, 0.25) is 11.8 Å². The third-order valence-corrected chi connectivity index (χ3v) is 3.98. The molecule has 16 heteroatoms. The third-order valence-electron chi connectivity index (χ3n) is 3.98. The number of hydrazine groups is 1. The summed E-state index contributed by atoms with van der Waals surface area (Å²) >= 11 is 0. The highest BCUT2D eigenvalue weighted by atomic mass is 19.4. The Bertz CT molecular complexity index is 686. The molecule has 0 radical (unpaired) electrons. The summed E-state index contributed by atoms with van der Waals surface area (Å²) in [4.78, 5) is 49.8. The van der Waals surface area contributed by atoms with Crippen molar-refractivity contribution in [2.75, 3.05) is 13.1 Å². The smallest absolute Gasteiger partial charge is 0.368 e. The molecule has 164 valence electrons. The lowest BCUT2D eigenvalue weighted by Crippen LogP contribution is -2.50. The van der Waals surface area contributed by atoms with E-state index in [0.717, 1.165) is 4.90 Å². The highest BCUT2D eigenvalue weighted by Crippen LogP contribution is 2.22. The zero-order valence-corrected chi connectivity index (χ0v) is 15.0. The van der Waals surface area contributed by atoms with Gasteiger partial charge in [0, 0.05) is 19.1 Å². The van der Waals surface area contributed by atoms with Crippen molar-refractivity contribution in [2.24, 2.45) is 22.2 Å². The molecule has 1 saturated heterocycles. The van der Waals surface area contributed by atoms with E-state index in [2.05, 4.69) is 4.99 Å². The van der Waals surface area contributed by atoms with Gasteiger partial charge < -0.3 is 27.4 Å². The quantitative estimate of drug-likeness (QED) is 0.0905. The van der Waals surface area contributed by atoms with E-state index in [4.69, 9.17) is 17.2 Å². The Morgan fingerprint density at radius 2 is 1.93 bits per heavy atom. The van der Waals surface area contributed by atoms with E-state index in [9.17, 15) is 37.7 Å². The predicted molar refractivity (Wildman–Crippen MR) is 91.1 cm³/mol. The summed E-state index contributed by atoms with van der Waals surface area (Å²) in [6.45, 7) is -0.350. The Morgan fingerprint density at radius 3 is 2.45 bits per heavy atom. The fourth-order valence-electron chi connectivity index (χ4n) is 2.70. The summed E-state index contributed by atoms with van der Waals surface area (Å²) in [5.74, 6) is -4.31. The van der Waals surface area contributed by atoms with Crippen molar-refractivity contribution >= 4 is 23.7 Å². The average molecular weight is 426 g/mol. The lowest BCUT2D eigenvalue weighted by molar-refractivity contribution is -0.525. The van der Waals surface area contributed by atoms with E-state index in [1.807, 2.05) is 0 Å². The standard InChI is InChI=1S/C13H21F3N8O5/c14-13(15,16)11(27)21-6-4-8(9(18)25)23(5-6)10(26)7(17)2-1-3-20-12(19)22-24(28)29/h6-8H,1-5,17H2,(H2,18,25)(H,21,27)(H3,19,20,22)/t6-,7-,8+/m0/s1. The van der Waals surface area contributed by atoms with E-state index >= 15 is 0 Å². The molecule has 0 saturated carbocycles. The molecule has 1 rings (SSSR count). The van der Waals surface area contributed by atoms with Crippen molar-refractivity contribution < 1.29 is 32.6 Å². The van der Waals surface area contributed by atoms with Crippen LogP contribution in [0.25, 0.3) is 0 Å². The van der Waals surface area contributed by atoms with E-state index in [0.29, 0.717) is 0 Å². The molecule has 3 atom stereocenters. The molecule has 8 N–H and O–H groups in total. The first-order valence-electron chi connectivity index (χ1n) is 8.27. The number of carbonyl (C=O) groups is 3. The molecule has 0 spiro atoms. The minimum absolute atomic E-state index is 0.0111. The molecule has 0 aromatic carbocycles. The Labute approximate surface area is 161 Å². The van der Waals surface area contributed by atoms with Crippen molar-refractivity contribution in [3.05, 3.63) is 10.1 Å². The van der Waals surface area contributed by atoms with E-state index in [1.54, 1.807) is 10.7 Å². The minimum Gasteiger partial charge on any atom is -0.368 e. The largest absolute Gasteiger partial charge is 0.471 e. The van der Waals surface area contributed by atoms with Gasteiger partial charge in [0.25, 0.3) is 5.96 Å². The van der Waals surface area contributed by atoms with Crippen LogP contribution in [0.3, 0.4) is 0 Å². The van der Waals surface area contributed by atoms with Gasteiger partial charge >= 0.3 is 12.1 Å². The Hall–Kier alpha value is -3.17. The number of amides is 3. The Kier molecular flexibility index (Phi) is 8.11. The van der Waals surface area contributed by atoms with Crippen LogP contribution in [0.5, 0.6) is 0 Å². The van der Waals surface area contributed by atoms with Crippen LogP contribution in [-0.4, -0.2) is 71.0 Å². The number of primary amides is 1. The van der Waals surface area contributed by atoms with Crippen molar-refractivity contribution in [1.29, 1.82) is 0 Å². The van der Waals surface area contributed by atoms with Crippen LogP contribution in [0.4, 0.5) is 13.2 Å². The van der Waals surface area contributed by atoms with E-state index in [1.165, 1.54) is 0 Å². The van der Waals surface area contributed by atoms with Gasteiger partial charge in [0.1, 0.15) is 6.04 Å². The topological polar surface area (TPSA) is 212 Å². The summed E-state index contributed by atoms with van der Waals surface area (Å²) in [7, 11) is 0. The third kappa shape index (κ3) is 7.40. The monoisotopic (exact) mass is 426 g/mol. The van der Waals surface area contributed by atoms with Crippen LogP contribution in [0, 0.1) is 10.1 Å². The molecule has 1 aliphatic heterocycles. The Balaban J connectivity index is 2.64. The molecule has 3 amide bonds. The second-order valence-corrected chi connectivity index (χ2v) is 6.20. The molecule has 29 heavy (non-hydrogen) atoms. The van der Waals surface area contributed by atoms with Gasteiger partial charge in [-0.25, -0.2) is 15.1 Å². The van der Waals surface area contributed by atoms with Crippen LogP contribution in [0.2, 0.25) is 0 Å². The first-order valence-corrected chi connectivity index (χ1v) is 8.27. The number of likely N-dealkylation sites (tertiary alicyclic amines) is 1. The SMILES string of the molecule is NC(=O)[C@H]1C[C@H](NC(=O)C(F)(F)F)CN1C(=O)[C@@H](N)CCCN=C(N)N[N+](=O)[O-]. The van der Waals surface area contributed by atoms with Gasteiger partial charge in [-0.15, -0.1) is 0 Å². The second kappa shape index (κ2) is 9.85. The lowest BCUT2D eigenvalue weighted by atomic mass is 10.1. The van der Waals surface area contributed by atoms with E-state index < -0.39 is 53.0 Å². The molecule has 13 nitrogen and oxygen atoms in total. The molecule has 1 heterocycles. The highest BCUT2D eigenvalue weighted by Gasteiger charge is 2.44. The number of hydrogen-bond acceptors (Lipinski definition) is 7. The van der Waals surface area contributed by atoms with Crippen molar-refractivity contribution in [3.8, 4) is 0 Å². The zero-order chi connectivity index (χ0) is 22.4. The number of halogens is 3. The fourth-order valence-corrected chi connectivity index (χ4v) is 2.70. The number of nitrogens with two attached hydrogens (primary N) is 3. The fraction of sp³-hybridized carbons (Fsp3) is 0.692. The summed E-state index contributed by atoms with van der Waals surface area (Å²) in [6, 6.07) is -3.46. The van der Waals surface area contributed by atoms with Gasteiger partial charge in [-0.05, 0) is 19.3 Å². The van der Waals surface area contributed by atoms with Crippen LogP contribution >= 0.6 is 0 Å². The first kappa shape index (κ1) is 23.9. The maximum atomic E-state index is 12.5. The molecule has 0 aromatic rings. The summed E-state index contributed by atoms with van der Waals surface area (Å²) < 4.78 is 37.1. The van der Waals surface area contributed by atoms with Gasteiger partial charge in [-0.1, -0.05) is 5.43 Å². The molecule has 0 bridgehead atoms. The summed E-state index contributed by atoms with van der Waals surface area (Å²) in [5.41, 5.74) is 17.8. The van der Waals surface area contributed by atoms with Crippen LogP contribution < -0.4 is 27.9 Å². The first-order chi connectivity index (χ1) is 13.3. The maximum Gasteiger partial charge on any atom is 0.471 e. The Morgan fingerprint density at radius 1 is 1.31 bits per heavy atom. The van der Waals surface area contributed by atoms with Gasteiger partial charge in [-0.2, -0.15) is 13.2 Å². The predicted octanol–water partition coefficient (Wildman–Crippen LogP) is -2.68. The number of aliphatic imine (C=N–C) groups is 1. The van der Waals surface area contributed by atoms with Gasteiger partial charge in [-0.3, -0.25) is 14.4 Å². The summed E-state index contributed by atoms with van der Waals surface area (Å²) in [6.07, 6.45) is -5.13. The highest BCUT2D eigenvalue weighted by molar-refractivity contribution is 5.90. The molecule has 0 unspecified atom stereocenters. The summed E-state index contributed by atoms with van der Waals surface area (Å²) in [5, 5.41) is 11.0. The van der Waals surface area contributed by atoms with Gasteiger partial charge in [0.05, 0.1) is 6.04 Å².